The van der Waals surface area contributed by atoms with Gasteiger partial charge in [-0.1, -0.05) is 17.3 Å². The second-order valence-electron chi connectivity index (χ2n) is 3.78. The second kappa shape index (κ2) is 4.40. The van der Waals surface area contributed by atoms with Gasteiger partial charge in [-0.15, -0.1) is 5.10 Å². The van der Waals surface area contributed by atoms with E-state index in [1.54, 1.807) is 4.68 Å². The molecule has 0 aliphatic rings. The van der Waals surface area contributed by atoms with Crippen LogP contribution in [0.15, 0.2) is 36.7 Å². The van der Waals surface area contributed by atoms with Crippen molar-refractivity contribution in [1.29, 1.82) is 0 Å². The molecule has 3 rings (SSSR count). The maximum absolute atomic E-state index is 4.22. The van der Waals surface area contributed by atoms with Crippen molar-refractivity contribution in [3.8, 4) is 5.82 Å². The van der Waals surface area contributed by atoms with Gasteiger partial charge in [-0.3, -0.25) is 0 Å². The fourth-order valence-corrected chi connectivity index (χ4v) is 1.78. The summed E-state index contributed by atoms with van der Waals surface area (Å²) < 4.78 is 1.71. The van der Waals surface area contributed by atoms with E-state index in [2.05, 4.69) is 25.6 Å². The van der Waals surface area contributed by atoms with E-state index in [0.717, 1.165) is 23.4 Å². The van der Waals surface area contributed by atoms with E-state index in [4.69, 9.17) is 0 Å². The average Bonchev–Trinajstić information content (AvgIpc) is 2.83. The molecule has 0 saturated carbocycles. The van der Waals surface area contributed by atoms with Gasteiger partial charge in [-0.2, -0.15) is 4.68 Å². The fourth-order valence-electron chi connectivity index (χ4n) is 1.78. The predicted molar refractivity (Wildman–Crippen MR) is 68.6 cm³/mol. The second-order valence-corrected chi connectivity index (χ2v) is 3.78. The molecule has 0 fully saturated rings. The van der Waals surface area contributed by atoms with Gasteiger partial charge in [0.15, 0.2) is 5.82 Å². The highest BCUT2D eigenvalue weighted by Crippen LogP contribution is 2.15. The quantitative estimate of drug-likeness (QED) is 0.753. The number of fused-ring (bicyclic) bond motifs is 1. The van der Waals surface area contributed by atoms with Crippen molar-refractivity contribution in [3.05, 3.63) is 36.7 Å². The van der Waals surface area contributed by atoms with Crippen LogP contribution in [-0.4, -0.2) is 31.5 Å². The number of nitrogens with zero attached hydrogens (tertiary/aromatic N) is 5. The first kappa shape index (κ1) is 10.6. The Balaban J connectivity index is 2.11. The number of rotatable bonds is 3. The van der Waals surface area contributed by atoms with E-state index in [0.29, 0.717) is 5.82 Å². The zero-order chi connectivity index (χ0) is 12.4. The summed E-state index contributed by atoms with van der Waals surface area (Å²) in [6.07, 6.45) is 1.52. The van der Waals surface area contributed by atoms with Crippen LogP contribution in [0.3, 0.4) is 0 Å². The molecule has 0 aliphatic heterocycles. The van der Waals surface area contributed by atoms with E-state index >= 15 is 0 Å². The SMILES string of the molecule is CCNc1cc(-n2nnc3ccccc32)ncn1. The molecule has 3 aromatic rings. The Morgan fingerprint density at radius 2 is 2.11 bits per heavy atom. The first-order valence-electron chi connectivity index (χ1n) is 5.75. The molecule has 0 bridgehead atoms. The summed E-state index contributed by atoms with van der Waals surface area (Å²) in [4.78, 5) is 8.36. The lowest BCUT2D eigenvalue weighted by molar-refractivity contribution is 0.797. The van der Waals surface area contributed by atoms with Crippen LogP contribution in [0, 0.1) is 0 Å². The molecule has 0 saturated heterocycles. The molecular formula is C12H12N6. The number of aromatic nitrogens is 5. The van der Waals surface area contributed by atoms with Crippen molar-refractivity contribution in [2.24, 2.45) is 0 Å². The van der Waals surface area contributed by atoms with Crippen molar-refractivity contribution in [1.82, 2.24) is 25.0 Å². The summed E-state index contributed by atoms with van der Waals surface area (Å²) in [5.41, 5.74) is 1.78. The van der Waals surface area contributed by atoms with Crippen LogP contribution in [-0.2, 0) is 0 Å². The molecule has 0 atom stereocenters. The first-order valence-corrected chi connectivity index (χ1v) is 5.75. The third-order valence-electron chi connectivity index (χ3n) is 2.58. The van der Waals surface area contributed by atoms with Crippen molar-refractivity contribution in [2.45, 2.75) is 6.92 Å². The number of anilines is 1. The topological polar surface area (TPSA) is 68.5 Å². The van der Waals surface area contributed by atoms with Crippen LogP contribution < -0.4 is 5.32 Å². The molecule has 1 aromatic carbocycles. The largest absolute Gasteiger partial charge is 0.370 e. The molecule has 0 aliphatic carbocycles. The average molecular weight is 240 g/mol. The molecule has 0 spiro atoms. The normalized spacial score (nSPS) is 10.7. The number of benzene rings is 1. The van der Waals surface area contributed by atoms with E-state index in [1.165, 1.54) is 6.33 Å². The van der Waals surface area contributed by atoms with Crippen LogP contribution >= 0.6 is 0 Å². The van der Waals surface area contributed by atoms with Crippen LogP contribution in [0.1, 0.15) is 6.92 Å². The van der Waals surface area contributed by atoms with Gasteiger partial charge in [0.25, 0.3) is 0 Å². The van der Waals surface area contributed by atoms with Gasteiger partial charge < -0.3 is 5.32 Å². The Kier molecular flexibility index (Phi) is 2.60. The lowest BCUT2D eigenvalue weighted by Crippen LogP contribution is -2.04. The molecule has 1 N–H and O–H groups in total. The van der Waals surface area contributed by atoms with Gasteiger partial charge in [0, 0.05) is 12.6 Å². The van der Waals surface area contributed by atoms with Gasteiger partial charge in [0.1, 0.15) is 17.7 Å². The molecule has 2 aromatic heterocycles. The Bertz CT molecular complexity index is 675. The molecule has 2 heterocycles. The third-order valence-corrected chi connectivity index (χ3v) is 2.58. The molecule has 0 unspecified atom stereocenters. The van der Waals surface area contributed by atoms with Crippen molar-refractivity contribution >= 4 is 16.9 Å². The smallest absolute Gasteiger partial charge is 0.161 e. The zero-order valence-electron chi connectivity index (χ0n) is 9.91. The van der Waals surface area contributed by atoms with Crippen molar-refractivity contribution in [2.75, 3.05) is 11.9 Å². The first-order chi connectivity index (χ1) is 8.88. The summed E-state index contributed by atoms with van der Waals surface area (Å²) in [5, 5.41) is 11.4. The minimum absolute atomic E-state index is 0.703. The predicted octanol–water partition coefficient (Wildman–Crippen LogP) is 1.64. The van der Waals surface area contributed by atoms with Crippen molar-refractivity contribution in [3.63, 3.8) is 0 Å². The monoisotopic (exact) mass is 240 g/mol. The van der Waals surface area contributed by atoms with E-state index in [-0.39, 0.29) is 0 Å². The highest BCUT2D eigenvalue weighted by molar-refractivity contribution is 5.75. The molecule has 0 amide bonds. The minimum Gasteiger partial charge on any atom is -0.370 e. The number of hydrogen-bond acceptors (Lipinski definition) is 5. The highest BCUT2D eigenvalue weighted by atomic mass is 15.4. The lowest BCUT2D eigenvalue weighted by atomic mass is 10.3. The Morgan fingerprint density at radius 3 is 3.00 bits per heavy atom. The zero-order valence-corrected chi connectivity index (χ0v) is 9.91. The van der Waals surface area contributed by atoms with Crippen LogP contribution in [0.4, 0.5) is 5.82 Å². The van der Waals surface area contributed by atoms with Crippen molar-refractivity contribution < 1.29 is 0 Å². The summed E-state index contributed by atoms with van der Waals surface area (Å²) in [7, 11) is 0. The molecular weight excluding hydrogens is 228 g/mol. The lowest BCUT2D eigenvalue weighted by Gasteiger charge is -2.04. The molecule has 0 radical (unpaired) electrons. The summed E-state index contributed by atoms with van der Waals surface area (Å²) in [5.74, 6) is 1.48. The number of para-hydroxylation sites is 1. The van der Waals surface area contributed by atoms with Gasteiger partial charge in [-0.25, -0.2) is 9.97 Å². The van der Waals surface area contributed by atoms with Gasteiger partial charge >= 0.3 is 0 Å². The summed E-state index contributed by atoms with van der Waals surface area (Å²) in [6, 6.07) is 9.63. The molecule has 18 heavy (non-hydrogen) atoms. The Labute approximate surface area is 104 Å². The maximum Gasteiger partial charge on any atom is 0.161 e. The maximum atomic E-state index is 4.22. The number of hydrogen-bond donors (Lipinski definition) is 1. The standard InChI is InChI=1S/C12H12N6/c1-2-13-11-7-12(15-8-14-11)18-10-6-4-3-5-9(10)16-17-18/h3-8H,2H2,1H3,(H,13,14,15). The van der Waals surface area contributed by atoms with Gasteiger partial charge in [-0.05, 0) is 19.1 Å². The van der Waals surface area contributed by atoms with E-state index in [1.807, 2.05) is 37.3 Å². The van der Waals surface area contributed by atoms with E-state index in [9.17, 15) is 0 Å². The van der Waals surface area contributed by atoms with Crippen LogP contribution in [0.2, 0.25) is 0 Å². The Morgan fingerprint density at radius 1 is 1.22 bits per heavy atom. The van der Waals surface area contributed by atoms with Gasteiger partial charge in [0.2, 0.25) is 0 Å². The Hall–Kier alpha value is -2.50. The number of nitrogens with one attached hydrogen (secondary N) is 1. The van der Waals surface area contributed by atoms with E-state index < -0.39 is 0 Å². The summed E-state index contributed by atoms with van der Waals surface area (Å²) in [6.45, 7) is 2.83. The fraction of sp³-hybridized carbons (Fsp3) is 0.167. The minimum atomic E-state index is 0.703. The van der Waals surface area contributed by atoms with Gasteiger partial charge in [0.05, 0.1) is 5.52 Å². The van der Waals surface area contributed by atoms with Crippen LogP contribution in [0.5, 0.6) is 0 Å². The molecule has 6 nitrogen and oxygen atoms in total. The molecule has 90 valence electrons. The highest BCUT2D eigenvalue weighted by Gasteiger charge is 2.07. The summed E-state index contributed by atoms with van der Waals surface area (Å²) >= 11 is 0. The third kappa shape index (κ3) is 1.77. The van der Waals surface area contributed by atoms with Crippen LogP contribution in [0.25, 0.3) is 16.9 Å². The molecule has 6 heteroatoms.